The number of rotatable bonds is 7. The molecule has 0 amide bonds. The fourth-order valence-corrected chi connectivity index (χ4v) is 4.18. The van der Waals surface area contributed by atoms with Crippen molar-refractivity contribution in [2.24, 2.45) is 5.10 Å². The zero-order chi connectivity index (χ0) is 21.9. The van der Waals surface area contributed by atoms with E-state index in [4.69, 9.17) is 4.74 Å². The van der Waals surface area contributed by atoms with Crippen LogP contribution < -0.4 is 15.1 Å². The maximum atomic E-state index is 10.7. The van der Waals surface area contributed by atoms with Gasteiger partial charge in [-0.2, -0.15) is 5.10 Å². The third-order valence-corrected chi connectivity index (χ3v) is 5.53. The predicted molar refractivity (Wildman–Crippen MR) is 120 cm³/mol. The standard InChI is InChI=1S/C22H29N5O3/c1-6-9-26-19-11-20(30-5)16(10-18(19)15(2)12-22(26,3)4)13-24-25-21-8-7-17(14-23-21)27(28)29/h7-8,10-11,13-15H,6,9,12H2,1-5H3,(H,23,25)/b24-13-. The lowest BCUT2D eigenvalue weighted by atomic mass is 9.79. The van der Waals surface area contributed by atoms with E-state index in [1.165, 1.54) is 29.6 Å². The molecule has 1 unspecified atom stereocenters. The number of aromatic nitrogens is 1. The number of nitro groups is 1. The van der Waals surface area contributed by atoms with Crippen molar-refractivity contribution in [2.45, 2.75) is 52.0 Å². The molecule has 160 valence electrons. The molecule has 30 heavy (non-hydrogen) atoms. The molecule has 2 aromatic rings. The minimum Gasteiger partial charge on any atom is -0.496 e. The molecule has 1 aromatic heterocycles. The van der Waals surface area contributed by atoms with Crippen molar-refractivity contribution in [3.05, 3.63) is 51.7 Å². The lowest BCUT2D eigenvalue weighted by molar-refractivity contribution is -0.385. The highest BCUT2D eigenvalue weighted by Gasteiger charge is 2.36. The maximum Gasteiger partial charge on any atom is 0.287 e. The molecule has 0 saturated carbocycles. The minimum atomic E-state index is -0.484. The van der Waals surface area contributed by atoms with E-state index >= 15 is 0 Å². The number of hydrogen-bond acceptors (Lipinski definition) is 7. The zero-order valence-corrected chi connectivity index (χ0v) is 18.2. The molecule has 0 fully saturated rings. The van der Waals surface area contributed by atoms with Gasteiger partial charge >= 0.3 is 0 Å². The van der Waals surface area contributed by atoms with Crippen molar-refractivity contribution in [3.8, 4) is 5.75 Å². The van der Waals surface area contributed by atoms with E-state index in [-0.39, 0.29) is 11.2 Å². The summed E-state index contributed by atoms with van der Waals surface area (Å²) in [6.45, 7) is 10.0. The second-order valence-corrected chi connectivity index (χ2v) is 8.25. The van der Waals surface area contributed by atoms with E-state index in [1.807, 2.05) is 0 Å². The molecule has 1 aliphatic heterocycles. The average molecular weight is 412 g/mol. The van der Waals surface area contributed by atoms with Gasteiger partial charge in [0.15, 0.2) is 0 Å². The van der Waals surface area contributed by atoms with Crippen LogP contribution in [0.1, 0.15) is 57.6 Å². The number of pyridine rings is 1. The van der Waals surface area contributed by atoms with Crippen LogP contribution >= 0.6 is 0 Å². The normalized spacial score (nSPS) is 17.6. The van der Waals surface area contributed by atoms with E-state index in [1.54, 1.807) is 13.3 Å². The van der Waals surface area contributed by atoms with E-state index in [2.05, 4.69) is 60.2 Å². The van der Waals surface area contributed by atoms with Gasteiger partial charge in [-0.25, -0.2) is 4.98 Å². The highest BCUT2D eigenvalue weighted by molar-refractivity contribution is 5.86. The summed E-state index contributed by atoms with van der Waals surface area (Å²) >= 11 is 0. The van der Waals surface area contributed by atoms with E-state index in [9.17, 15) is 10.1 Å². The molecule has 3 rings (SSSR count). The van der Waals surface area contributed by atoms with Gasteiger partial charge in [0.25, 0.3) is 5.69 Å². The first-order chi connectivity index (χ1) is 14.3. The van der Waals surface area contributed by atoms with Crippen molar-refractivity contribution < 1.29 is 9.66 Å². The van der Waals surface area contributed by atoms with E-state index < -0.39 is 4.92 Å². The van der Waals surface area contributed by atoms with Gasteiger partial charge < -0.3 is 9.64 Å². The molecule has 2 heterocycles. The van der Waals surface area contributed by atoms with Crippen LogP contribution in [0, 0.1) is 10.1 Å². The smallest absolute Gasteiger partial charge is 0.287 e. The van der Waals surface area contributed by atoms with Gasteiger partial charge in [-0.3, -0.25) is 15.5 Å². The summed E-state index contributed by atoms with van der Waals surface area (Å²) in [6, 6.07) is 7.15. The van der Waals surface area contributed by atoms with Gasteiger partial charge in [0.2, 0.25) is 0 Å². The third kappa shape index (κ3) is 4.37. The largest absolute Gasteiger partial charge is 0.496 e. The quantitative estimate of drug-likeness (QED) is 0.394. The molecular weight excluding hydrogens is 382 g/mol. The number of methoxy groups -OCH3 is 1. The Bertz CT molecular complexity index is 941. The summed E-state index contributed by atoms with van der Waals surface area (Å²) in [4.78, 5) is 16.7. The van der Waals surface area contributed by atoms with Crippen LogP contribution in [0.4, 0.5) is 17.2 Å². The second-order valence-electron chi connectivity index (χ2n) is 8.25. The Labute approximate surface area is 177 Å². The first-order valence-electron chi connectivity index (χ1n) is 10.2. The SMILES string of the molecule is CCCN1c2cc(OC)c(/C=N\Nc3ccc([N+](=O)[O-])cn3)cc2C(C)CC1(C)C. The summed E-state index contributed by atoms with van der Waals surface area (Å²) in [5, 5.41) is 15.0. The van der Waals surface area contributed by atoms with Gasteiger partial charge in [0, 0.05) is 35.5 Å². The summed E-state index contributed by atoms with van der Waals surface area (Å²) in [6.07, 6.45) is 5.05. The van der Waals surface area contributed by atoms with Crippen LogP contribution in [-0.4, -0.2) is 35.3 Å². The van der Waals surface area contributed by atoms with Crippen LogP contribution in [0.25, 0.3) is 0 Å². The first-order valence-corrected chi connectivity index (χ1v) is 10.2. The summed E-state index contributed by atoms with van der Waals surface area (Å²) in [5.41, 5.74) is 6.22. The molecule has 0 spiro atoms. The fraction of sp³-hybridized carbons (Fsp3) is 0.455. The summed E-state index contributed by atoms with van der Waals surface area (Å²) < 4.78 is 5.65. The van der Waals surface area contributed by atoms with Crippen molar-refractivity contribution >= 4 is 23.4 Å². The Hall–Kier alpha value is -3.16. The topological polar surface area (TPSA) is 92.9 Å². The second kappa shape index (κ2) is 8.69. The molecule has 0 saturated heterocycles. The van der Waals surface area contributed by atoms with Crippen LogP contribution in [-0.2, 0) is 0 Å². The number of fused-ring (bicyclic) bond motifs is 1. The highest BCUT2D eigenvalue weighted by Crippen LogP contribution is 2.45. The Balaban J connectivity index is 1.88. The molecule has 0 radical (unpaired) electrons. The van der Waals surface area contributed by atoms with Crippen molar-refractivity contribution in [1.82, 2.24) is 4.98 Å². The molecule has 1 aromatic carbocycles. The van der Waals surface area contributed by atoms with E-state index in [0.29, 0.717) is 11.7 Å². The Kier molecular flexibility index (Phi) is 6.24. The maximum absolute atomic E-state index is 10.7. The lowest BCUT2D eigenvalue weighted by Crippen LogP contribution is -2.48. The number of hydrogen-bond donors (Lipinski definition) is 1. The molecule has 8 heteroatoms. The van der Waals surface area contributed by atoms with Gasteiger partial charge in [-0.1, -0.05) is 13.8 Å². The van der Waals surface area contributed by atoms with Crippen LogP contribution in [0.5, 0.6) is 5.75 Å². The van der Waals surface area contributed by atoms with Gasteiger partial charge in [-0.05, 0) is 50.3 Å². The van der Waals surface area contributed by atoms with Crippen molar-refractivity contribution in [1.29, 1.82) is 0 Å². The Morgan fingerprint density at radius 1 is 1.43 bits per heavy atom. The average Bonchev–Trinajstić information content (AvgIpc) is 2.71. The number of nitrogens with zero attached hydrogens (tertiary/aromatic N) is 4. The van der Waals surface area contributed by atoms with Gasteiger partial charge in [0.05, 0.1) is 18.2 Å². The minimum absolute atomic E-state index is 0.0607. The van der Waals surface area contributed by atoms with Gasteiger partial charge in [-0.15, -0.1) is 0 Å². The molecule has 1 N–H and O–H groups in total. The van der Waals surface area contributed by atoms with Crippen molar-refractivity contribution in [2.75, 3.05) is 24.0 Å². The molecule has 1 aliphatic rings. The third-order valence-electron chi connectivity index (χ3n) is 5.53. The van der Waals surface area contributed by atoms with Crippen LogP contribution in [0.3, 0.4) is 0 Å². The zero-order valence-electron chi connectivity index (χ0n) is 18.2. The Morgan fingerprint density at radius 2 is 2.20 bits per heavy atom. The predicted octanol–water partition coefficient (Wildman–Crippen LogP) is 4.95. The number of benzene rings is 1. The van der Waals surface area contributed by atoms with Crippen LogP contribution in [0.15, 0.2) is 35.6 Å². The van der Waals surface area contributed by atoms with Crippen LogP contribution in [0.2, 0.25) is 0 Å². The first kappa shape index (κ1) is 21.5. The Morgan fingerprint density at radius 3 is 2.80 bits per heavy atom. The molecule has 0 aliphatic carbocycles. The van der Waals surface area contributed by atoms with Crippen molar-refractivity contribution in [3.63, 3.8) is 0 Å². The number of nitrogens with one attached hydrogen (secondary N) is 1. The summed E-state index contributed by atoms with van der Waals surface area (Å²) in [7, 11) is 1.66. The fourth-order valence-electron chi connectivity index (χ4n) is 4.18. The lowest BCUT2D eigenvalue weighted by Gasteiger charge is -2.47. The molecular formula is C22H29N5O3. The highest BCUT2D eigenvalue weighted by atomic mass is 16.6. The van der Waals surface area contributed by atoms with Gasteiger partial charge in [0.1, 0.15) is 17.8 Å². The number of ether oxygens (including phenoxy) is 1. The molecule has 8 nitrogen and oxygen atoms in total. The number of anilines is 2. The van der Waals surface area contributed by atoms with E-state index in [0.717, 1.165) is 30.7 Å². The number of hydrazone groups is 1. The molecule has 0 bridgehead atoms. The molecule has 1 atom stereocenters. The monoisotopic (exact) mass is 411 g/mol. The summed E-state index contributed by atoms with van der Waals surface area (Å²) in [5.74, 6) is 1.60.